The van der Waals surface area contributed by atoms with Gasteiger partial charge in [0, 0.05) is 8.07 Å². The van der Waals surface area contributed by atoms with Gasteiger partial charge in [0.15, 0.2) is 0 Å². The van der Waals surface area contributed by atoms with Gasteiger partial charge in [0.1, 0.15) is 0 Å². The normalized spacial score (nSPS) is 11.9. The Morgan fingerprint density at radius 1 is 0.861 bits per heavy atom. The van der Waals surface area contributed by atoms with E-state index in [1.54, 1.807) is 29.4 Å². The minimum absolute atomic E-state index is 0. The summed E-state index contributed by atoms with van der Waals surface area (Å²) < 4.78 is 1.51. The van der Waals surface area contributed by atoms with E-state index in [0.717, 1.165) is 6.42 Å². The van der Waals surface area contributed by atoms with Crippen molar-refractivity contribution in [2.24, 2.45) is 0 Å². The van der Waals surface area contributed by atoms with Crippen molar-refractivity contribution in [1.29, 1.82) is 0 Å². The smallest absolute Gasteiger partial charge is 0.00392 e. The van der Waals surface area contributed by atoms with Crippen LogP contribution in [0.4, 0.5) is 0 Å². The summed E-state index contributed by atoms with van der Waals surface area (Å²) in [5.74, 6) is 0. The molecule has 196 valence electrons. The van der Waals surface area contributed by atoms with Crippen LogP contribution in [0.5, 0.6) is 0 Å². The molecule has 1 aliphatic carbocycles. The van der Waals surface area contributed by atoms with Crippen LogP contribution in [-0.4, -0.2) is 11.3 Å². The Morgan fingerprint density at radius 2 is 1.42 bits per heavy atom. The molecule has 3 aromatic carbocycles. The molecule has 0 unspecified atom stereocenters. The van der Waals surface area contributed by atoms with Crippen LogP contribution in [0, 0.1) is 6.07 Å². The van der Waals surface area contributed by atoms with Gasteiger partial charge in [0.2, 0.25) is 0 Å². The zero-order valence-corrected chi connectivity index (χ0v) is 29.1. The van der Waals surface area contributed by atoms with E-state index in [2.05, 4.69) is 136 Å². The van der Waals surface area contributed by atoms with Crippen molar-refractivity contribution in [3.05, 3.63) is 82.9 Å². The van der Waals surface area contributed by atoms with Gasteiger partial charge < -0.3 is 24.8 Å². The molecule has 0 bridgehead atoms. The molecule has 4 rings (SSSR count). The van der Waals surface area contributed by atoms with Gasteiger partial charge in [-0.15, -0.1) is 11.1 Å². The minimum Gasteiger partial charge on any atom is -1.00 e. The Kier molecular flexibility index (Phi) is 13.7. The van der Waals surface area contributed by atoms with Crippen LogP contribution < -0.4 is 30.0 Å². The maximum atomic E-state index is 3.67. The molecule has 0 saturated carbocycles. The van der Waals surface area contributed by atoms with E-state index in [1.807, 2.05) is 0 Å². The van der Waals surface area contributed by atoms with E-state index >= 15 is 0 Å². The van der Waals surface area contributed by atoms with Crippen LogP contribution in [0.1, 0.15) is 77.6 Å². The van der Waals surface area contributed by atoms with Gasteiger partial charge in [-0.25, -0.2) is 11.3 Å². The van der Waals surface area contributed by atoms with Gasteiger partial charge in [-0.3, -0.25) is 0 Å². The van der Waals surface area contributed by atoms with Gasteiger partial charge in [0.05, 0.1) is 0 Å². The first-order valence-electron chi connectivity index (χ1n) is 12.4. The third kappa shape index (κ3) is 10.2. The second-order valence-electron chi connectivity index (χ2n) is 12.7. The SMILES string of the molecule is CC(C)(C)c1[c-]c2c(cc1)-c1ccc(C(C)(C)C)cc1C2.C[C](C)=[Zr+2].C[Si](C)(C)c1cc[cH-]c1.[Cl-].[Cl-]. The van der Waals surface area contributed by atoms with E-state index in [4.69, 9.17) is 0 Å². The fourth-order valence-corrected chi connectivity index (χ4v) is 5.09. The summed E-state index contributed by atoms with van der Waals surface area (Å²) in [4.78, 5) is 0. The van der Waals surface area contributed by atoms with E-state index in [0.29, 0.717) is 0 Å². The topological polar surface area (TPSA) is 0 Å². The molecule has 0 aromatic heterocycles. The molecule has 1 aliphatic rings. The Balaban J connectivity index is 0.000000686. The third-order valence-corrected chi connectivity index (χ3v) is 8.06. The van der Waals surface area contributed by atoms with Crippen LogP contribution in [-0.2, 0) is 41.5 Å². The number of rotatable bonds is 1. The molecule has 3 aromatic rings. The summed E-state index contributed by atoms with van der Waals surface area (Å²) in [7, 11) is -0.981. The maximum Gasteiger partial charge on any atom is 0.00392 e. The second kappa shape index (κ2) is 13.9. The van der Waals surface area contributed by atoms with Crippen molar-refractivity contribution in [3.8, 4) is 11.1 Å². The first-order chi connectivity index (χ1) is 15.5. The molecule has 36 heavy (non-hydrogen) atoms. The van der Waals surface area contributed by atoms with E-state index < -0.39 is 8.07 Å². The molecule has 0 atom stereocenters. The molecule has 4 heteroatoms. The first kappa shape index (κ1) is 35.3. The Bertz CT molecular complexity index is 1040. The minimum atomic E-state index is -0.981. The van der Waals surface area contributed by atoms with E-state index in [9.17, 15) is 0 Å². The van der Waals surface area contributed by atoms with Crippen molar-refractivity contribution < 1.29 is 49.0 Å². The van der Waals surface area contributed by atoms with E-state index in [1.165, 1.54) is 36.6 Å². The van der Waals surface area contributed by atoms with Crippen LogP contribution in [0.15, 0.2) is 54.6 Å². The molecular formula is C32H44Cl2SiZr-2. The third-order valence-electron chi connectivity index (χ3n) is 5.99. The predicted octanol–water partition coefficient (Wildman–Crippen LogP) is 2.36. The quantitative estimate of drug-likeness (QED) is 0.227. The Labute approximate surface area is 250 Å². The summed E-state index contributed by atoms with van der Waals surface area (Å²) in [5.41, 5.74) is 8.70. The zero-order valence-electron chi connectivity index (χ0n) is 24.2. The van der Waals surface area contributed by atoms with Crippen LogP contribution in [0.3, 0.4) is 0 Å². The summed E-state index contributed by atoms with van der Waals surface area (Å²) in [6.07, 6.45) is 1.03. The van der Waals surface area contributed by atoms with Crippen LogP contribution in [0.25, 0.3) is 11.1 Å². The van der Waals surface area contributed by atoms with Gasteiger partial charge in [-0.1, -0.05) is 84.9 Å². The fraction of sp³-hybridized carbons (Fsp3) is 0.438. The molecule has 0 nitrogen and oxygen atoms in total. The molecule has 0 saturated heterocycles. The molecule has 0 amide bonds. The largest absolute Gasteiger partial charge is 1.00 e. The Morgan fingerprint density at radius 3 is 1.83 bits per heavy atom. The van der Waals surface area contributed by atoms with Gasteiger partial charge in [-0.05, 0) is 28.4 Å². The number of hydrogen-bond acceptors (Lipinski definition) is 0. The van der Waals surface area contributed by atoms with Crippen molar-refractivity contribution in [1.82, 2.24) is 0 Å². The van der Waals surface area contributed by atoms with Crippen molar-refractivity contribution in [3.63, 3.8) is 0 Å². The molecular weight excluding hydrogens is 575 g/mol. The van der Waals surface area contributed by atoms with Gasteiger partial charge in [0.25, 0.3) is 0 Å². The van der Waals surface area contributed by atoms with Crippen molar-refractivity contribution in [2.45, 2.75) is 92.3 Å². The standard InChI is InChI=1S/C21H25.C8H13Si.C3H6.2ClH.Zr/c1-20(2,3)16-7-9-18-14(12-16)11-15-13-17(21(4,5)6)8-10-19(15)18;1-9(2,3)8-6-4-5-7-8;1-3-2;;;/h7-10,12H,11H2,1-6H3;4-7H,1-3H3;1-2H3;2*1H;/q2*-1;;;;+2/p-2. The molecule has 0 radical (unpaired) electrons. The fourth-order valence-electron chi connectivity index (χ4n) is 3.90. The van der Waals surface area contributed by atoms with Crippen molar-refractivity contribution >= 4 is 16.5 Å². The molecule has 0 spiro atoms. The number of benzene rings is 2. The second-order valence-corrected chi connectivity index (χ2v) is 20.3. The summed E-state index contributed by atoms with van der Waals surface area (Å²) in [6, 6.07) is 23.9. The maximum absolute atomic E-state index is 3.67. The van der Waals surface area contributed by atoms with Gasteiger partial charge >= 0.3 is 41.3 Å². The molecule has 0 aliphatic heterocycles. The summed E-state index contributed by atoms with van der Waals surface area (Å²) >= 11 is 1.55. The summed E-state index contributed by atoms with van der Waals surface area (Å²) in [6.45, 7) is 24.9. The zero-order chi connectivity index (χ0) is 25.9. The van der Waals surface area contributed by atoms with Crippen LogP contribution in [0.2, 0.25) is 19.6 Å². The number of fused-ring (bicyclic) bond motifs is 3. The van der Waals surface area contributed by atoms with Crippen molar-refractivity contribution in [2.75, 3.05) is 0 Å². The number of hydrogen-bond donors (Lipinski definition) is 0. The first-order valence-corrected chi connectivity index (χ1v) is 17.2. The molecule has 0 N–H and O–H groups in total. The summed E-state index contributed by atoms with van der Waals surface area (Å²) in [5, 5.41) is 1.56. The number of halogens is 2. The van der Waals surface area contributed by atoms with Gasteiger partial charge in [-0.2, -0.15) is 42.0 Å². The van der Waals surface area contributed by atoms with Crippen LogP contribution >= 0.6 is 0 Å². The predicted molar refractivity (Wildman–Crippen MR) is 152 cm³/mol. The molecule has 0 fully saturated rings. The Hall–Kier alpha value is -0.660. The average Bonchev–Trinajstić information content (AvgIpc) is 3.33. The van der Waals surface area contributed by atoms with E-state index in [-0.39, 0.29) is 35.6 Å². The molecule has 0 heterocycles. The average molecular weight is 619 g/mol. The monoisotopic (exact) mass is 616 g/mol.